The van der Waals surface area contributed by atoms with Crippen molar-refractivity contribution in [3.05, 3.63) is 33.4 Å². The molecule has 1 saturated heterocycles. The fourth-order valence-electron chi connectivity index (χ4n) is 5.44. The van der Waals surface area contributed by atoms with E-state index in [1.807, 2.05) is 13.8 Å². The van der Waals surface area contributed by atoms with E-state index < -0.39 is 13.9 Å². The summed E-state index contributed by atoms with van der Waals surface area (Å²) < 4.78 is 24.8. The van der Waals surface area contributed by atoms with Crippen molar-refractivity contribution < 1.29 is 18.9 Å². The minimum Gasteiger partial charge on any atom is -0.372 e. The van der Waals surface area contributed by atoms with Crippen LogP contribution in [0.2, 0.25) is 19.6 Å². The second-order valence-corrected chi connectivity index (χ2v) is 14.7. The molecule has 0 unspecified atom stereocenters. The molecule has 1 aromatic rings. The lowest BCUT2D eigenvalue weighted by molar-refractivity contribution is -0.165. The average molecular weight is 399 g/mol. The van der Waals surface area contributed by atoms with Gasteiger partial charge in [0.05, 0.1) is 19.8 Å². The van der Waals surface area contributed by atoms with Gasteiger partial charge < -0.3 is 18.9 Å². The van der Waals surface area contributed by atoms with Gasteiger partial charge in [-0.1, -0.05) is 25.6 Å². The zero-order valence-electron chi connectivity index (χ0n) is 17.7. The molecule has 5 rings (SSSR count). The van der Waals surface area contributed by atoms with Crippen molar-refractivity contribution in [1.29, 1.82) is 0 Å². The summed E-state index contributed by atoms with van der Waals surface area (Å²) >= 11 is 0. The average Bonchev–Trinajstić information content (AvgIpc) is 3.13. The van der Waals surface area contributed by atoms with Gasteiger partial charge in [-0.25, -0.2) is 0 Å². The van der Waals surface area contributed by atoms with Gasteiger partial charge in [0, 0.05) is 0 Å². The van der Waals surface area contributed by atoms with Gasteiger partial charge in [0.1, 0.15) is 26.4 Å². The topological polar surface area (TPSA) is 36.9 Å². The first-order valence-electron chi connectivity index (χ1n) is 10.5. The smallest absolute Gasteiger partial charge is 0.165 e. The molecule has 0 radical (unpaired) electrons. The van der Waals surface area contributed by atoms with Crippen molar-refractivity contribution in [2.75, 3.05) is 6.61 Å². The van der Waals surface area contributed by atoms with Crippen molar-refractivity contribution in [1.82, 2.24) is 0 Å². The second-order valence-electron chi connectivity index (χ2n) is 9.98. The van der Waals surface area contributed by atoms with Crippen LogP contribution in [0.15, 0.2) is 0 Å². The minimum absolute atomic E-state index is 0.0598. The monoisotopic (exact) mass is 398 g/mol. The van der Waals surface area contributed by atoms with Gasteiger partial charge in [-0.3, -0.25) is 0 Å². The molecule has 1 aromatic carbocycles. The van der Waals surface area contributed by atoms with E-state index in [-0.39, 0.29) is 11.7 Å². The number of hydrogen-bond donors (Lipinski definition) is 0. The lowest BCUT2D eigenvalue weighted by atomic mass is 9.60. The summed E-state index contributed by atoms with van der Waals surface area (Å²) in [5, 5.41) is 0. The normalized spacial score (nSPS) is 28.7. The van der Waals surface area contributed by atoms with Gasteiger partial charge >= 0.3 is 0 Å². The number of hydrogen-bond acceptors (Lipinski definition) is 4. The SMILES string of the molecule is CC1(C)O[C@H]2c3c4c(c(COCC#C[Si](C)(C)C)c5c3[C@@]2(CCC5)O1)COC4. The first-order valence-corrected chi connectivity index (χ1v) is 14.0. The predicted molar refractivity (Wildman–Crippen MR) is 109 cm³/mol. The Kier molecular flexibility index (Phi) is 4.15. The highest BCUT2D eigenvalue weighted by atomic mass is 28.3. The molecular formula is C23H30O4Si. The van der Waals surface area contributed by atoms with E-state index in [9.17, 15) is 0 Å². The van der Waals surface area contributed by atoms with Crippen molar-refractivity contribution in [2.24, 2.45) is 0 Å². The first-order chi connectivity index (χ1) is 13.2. The summed E-state index contributed by atoms with van der Waals surface area (Å²) in [5.41, 5.74) is 11.3. The Hall–Kier alpha value is -1.16. The third kappa shape index (κ3) is 2.73. The van der Waals surface area contributed by atoms with E-state index in [0.29, 0.717) is 26.4 Å². The summed E-state index contributed by atoms with van der Waals surface area (Å²) in [6.45, 7) is 13.3. The molecule has 0 aromatic heterocycles. The quantitative estimate of drug-likeness (QED) is 0.427. The maximum Gasteiger partial charge on any atom is 0.165 e. The standard InChI is InChI=1S/C23H30O4Si/c1-22(2)26-21-19-18-14-25-13-17(18)16(12-24-10-7-11-28(3,4)5)15-8-6-9-23(21,27-22)20(15)19/h21H,6,8-10,12-14H2,1-5H3/t21-,23+/m0/s1. The van der Waals surface area contributed by atoms with Crippen LogP contribution in [-0.4, -0.2) is 20.5 Å². The Morgan fingerprint density at radius 3 is 2.71 bits per heavy atom. The number of rotatable bonds is 3. The highest BCUT2D eigenvalue weighted by molar-refractivity contribution is 6.83. The van der Waals surface area contributed by atoms with Crippen LogP contribution in [0.3, 0.4) is 0 Å². The Morgan fingerprint density at radius 2 is 1.93 bits per heavy atom. The molecule has 1 spiro atoms. The zero-order chi connectivity index (χ0) is 19.7. The molecule has 2 aliphatic heterocycles. The largest absolute Gasteiger partial charge is 0.372 e. The molecule has 2 aliphatic carbocycles. The lowest BCUT2D eigenvalue weighted by Crippen LogP contribution is -2.47. The third-order valence-corrected chi connectivity index (χ3v) is 7.21. The molecule has 150 valence electrons. The number of fused-ring (bicyclic) bond motifs is 3. The van der Waals surface area contributed by atoms with Crippen molar-refractivity contribution in [3.8, 4) is 11.5 Å². The van der Waals surface area contributed by atoms with Crippen LogP contribution >= 0.6 is 0 Å². The predicted octanol–water partition coefficient (Wildman–Crippen LogP) is 4.48. The van der Waals surface area contributed by atoms with E-state index in [1.165, 1.54) is 33.4 Å². The summed E-state index contributed by atoms with van der Waals surface area (Å²) in [7, 11) is -1.35. The molecule has 1 fully saturated rings. The van der Waals surface area contributed by atoms with E-state index >= 15 is 0 Å². The van der Waals surface area contributed by atoms with Crippen LogP contribution in [0.1, 0.15) is 66.2 Å². The Morgan fingerprint density at radius 1 is 1.14 bits per heavy atom. The molecule has 2 atom stereocenters. The summed E-state index contributed by atoms with van der Waals surface area (Å²) in [5.74, 6) is 2.69. The molecule has 0 bridgehead atoms. The van der Waals surface area contributed by atoms with Crippen LogP contribution in [0, 0.1) is 11.5 Å². The van der Waals surface area contributed by atoms with Gasteiger partial charge in [0.15, 0.2) is 5.79 Å². The molecule has 0 saturated carbocycles. The van der Waals surface area contributed by atoms with Gasteiger partial charge in [-0.05, 0) is 66.5 Å². The molecule has 28 heavy (non-hydrogen) atoms. The molecule has 2 heterocycles. The summed E-state index contributed by atoms with van der Waals surface area (Å²) in [6.07, 6.45) is 3.32. The minimum atomic E-state index is -1.35. The van der Waals surface area contributed by atoms with Crippen molar-refractivity contribution >= 4 is 8.07 Å². The summed E-state index contributed by atoms with van der Waals surface area (Å²) in [4.78, 5) is 0. The summed E-state index contributed by atoms with van der Waals surface area (Å²) in [6, 6.07) is 0. The van der Waals surface area contributed by atoms with E-state index in [2.05, 4.69) is 31.1 Å². The Bertz CT molecular complexity index is 902. The van der Waals surface area contributed by atoms with Crippen molar-refractivity contribution in [3.63, 3.8) is 0 Å². The van der Waals surface area contributed by atoms with Gasteiger partial charge in [0.2, 0.25) is 0 Å². The maximum atomic E-state index is 6.52. The van der Waals surface area contributed by atoms with Crippen molar-refractivity contribution in [2.45, 2.75) is 90.1 Å². The van der Waals surface area contributed by atoms with Crippen LogP contribution in [0.5, 0.6) is 0 Å². The van der Waals surface area contributed by atoms with Crippen LogP contribution in [-0.2, 0) is 50.8 Å². The van der Waals surface area contributed by atoms with Crippen LogP contribution in [0.4, 0.5) is 0 Å². The van der Waals surface area contributed by atoms with Crippen LogP contribution in [0.25, 0.3) is 0 Å². The molecule has 5 heteroatoms. The highest BCUT2D eigenvalue weighted by Crippen LogP contribution is 2.67. The fraction of sp³-hybridized carbons (Fsp3) is 0.652. The van der Waals surface area contributed by atoms with Gasteiger partial charge in [-0.15, -0.1) is 5.54 Å². The molecule has 4 nitrogen and oxygen atoms in total. The fourth-order valence-corrected chi connectivity index (χ4v) is 6.04. The van der Waals surface area contributed by atoms with E-state index in [1.54, 1.807) is 0 Å². The first kappa shape index (κ1) is 18.8. The maximum absolute atomic E-state index is 6.52. The lowest BCUT2D eigenvalue weighted by Gasteiger charge is -2.50. The number of ether oxygens (including phenoxy) is 4. The van der Waals surface area contributed by atoms with Gasteiger partial charge in [0.25, 0.3) is 0 Å². The Balaban J connectivity index is 1.50. The molecule has 0 amide bonds. The van der Waals surface area contributed by atoms with E-state index in [0.717, 1.165) is 19.3 Å². The highest BCUT2D eigenvalue weighted by Gasteiger charge is 2.65. The van der Waals surface area contributed by atoms with Crippen LogP contribution < -0.4 is 0 Å². The number of benzene rings is 1. The van der Waals surface area contributed by atoms with Gasteiger partial charge in [-0.2, -0.15) is 0 Å². The second kappa shape index (κ2) is 6.17. The Labute approximate surface area is 168 Å². The molecule has 4 aliphatic rings. The molecular weight excluding hydrogens is 368 g/mol. The zero-order valence-corrected chi connectivity index (χ0v) is 18.7. The molecule has 0 N–H and O–H groups in total. The third-order valence-electron chi connectivity index (χ3n) is 6.28. The van der Waals surface area contributed by atoms with E-state index in [4.69, 9.17) is 18.9 Å².